The molecule has 0 saturated carbocycles. The number of thioether (sulfide) groups is 1. The molecule has 1 heterocycles. The molecule has 0 aromatic carbocycles. The molecule has 2 N–H and O–H groups in total. The minimum atomic E-state index is -3.65. The SMILES string of the molecule is CCSCCC(C)NS(=O)(=O)c1cnn(CC(=O)O)c1. The first-order chi connectivity index (χ1) is 9.35. The molecule has 0 bridgehead atoms. The molecule has 114 valence electrons. The molecule has 1 aromatic heterocycles. The Kier molecular flexibility index (Phi) is 6.50. The van der Waals surface area contributed by atoms with E-state index in [1.54, 1.807) is 18.7 Å². The number of carboxylic acids is 1. The molecule has 0 aliphatic heterocycles. The van der Waals surface area contributed by atoms with Gasteiger partial charge in [0.1, 0.15) is 11.4 Å². The number of sulfonamides is 1. The van der Waals surface area contributed by atoms with E-state index < -0.39 is 16.0 Å². The molecule has 0 amide bonds. The van der Waals surface area contributed by atoms with Gasteiger partial charge in [-0.05, 0) is 24.9 Å². The van der Waals surface area contributed by atoms with Crippen LogP contribution in [0.2, 0.25) is 0 Å². The second-order valence-corrected chi connectivity index (χ2v) is 7.38. The van der Waals surface area contributed by atoms with E-state index in [1.807, 2.05) is 0 Å². The highest BCUT2D eigenvalue weighted by Gasteiger charge is 2.19. The Labute approximate surface area is 122 Å². The number of nitrogens with one attached hydrogen (secondary N) is 1. The zero-order valence-electron chi connectivity index (χ0n) is 11.4. The molecule has 0 aliphatic rings. The van der Waals surface area contributed by atoms with Gasteiger partial charge in [-0.2, -0.15) is 16.9 Å². The van der Waals surface area contributed by atoms with Crippen LogP contribution in [-0.2, 0) is 21.4 Å². The maximum atomic E-state index is 12.1. The van der Waals surface area contributed by atoms with Crippen LogP contribution in [0.5, 0.6) is 0 Å². The van der Waals surface area contributed by atoms with E-state index in [9.17, 15) is 13.2 Å². The molecule has 1 atom stereocenters. The van der Waals surface area contributed by atoms with Crippen molar-refractivity contribution < 1.29 is 18.3 Å². The fraction of sp³-hybridized carbons (Fsp3) is 0.636. The van der Waals surface area contributed by atoms with Crippen molar-refractivity contribution >= 4 is 27.8 Å². The normalized spacial score (nSPS) is 13.3. The minimum Gasteiger partial charge on any atom is -0.480 e. The smallest absolute Gasteiger partial charge is 0.325 e. The lowest BCUT2D eigenvalue weighted by atomic mass is 10.3. The number of hydrogen-bond donors (Lipinski definition) is 2. The molecule has 1 aromatic rings. The zero-order chi connectivity index (χ0) is 15.2. The van der Waals surface area contributed by atoms with E-state index in [-0.39, 0.29) is 17.5 Å². The fourth-order valence-electron chi connectivity index (χ4n) is 1.50. The van der Waals surface area contributed by atoms with E-state index in [2.05, 4.69) is 16.7 Å². The monoisotopic (exact) mass is 321 g/mol. The lowest BCUT2D eigenvalue weighted by Crippen LogP contribution is -2.32. The molecule has 0 saturated heterocycles. The summed E-state index contributed by atoms with van der Waals surface area (Å²) in [4.78, 5) is 10.5. The van der Waals surface area contributed by atoms with Crippen LogP contribution in [0.25, 0.3) is 0 Å². The van der Waals surface area contributed by atoms with Crippen LogP contribution in [0.1, 0.15) is 20.3 Å². The van der Waals surface area contributed by atoms with E-state index in [4.69, 9.17) is 5.11 Å². The highest BCUT2D eigenvalue weighted by Crippen LogP contribution is 2.10. The quantitative estimate of drug-likeness (QED) is 0.652. The van der Waals surface area contributed by atoms with Crippen molar-refractivity contribution in [1.29, 1.82) is 0 Å². The lowest BCUT2D eigenvalue weighted by molar-refractivity contribution is -0.137. The summed E-state index contributed by atoms with van der Waals surface area (Å²) in [5, 5.41) is 12.3. The van der Waals surface area contributed by atoms with Crippen LogP contribution in [0.15, 0.2) is 17.3 Å². The maximum absolute atomic E-state index is 12.1. The highest BCUT2D eigenvalue weighted by atomic mass is 32.2. The number of aliphatic carboxylic acids is 1. The predicted molar refractivity (Wildman–Crippen MR) is 77.3 cm³/mol. The first-order valence-corrected chi connectivity index (χ1v) is 8.83. The van der Waals surface area contributed by atoms with Gasteiger partial charge in [-0.1, -0.05) is 6.92 Å². The van der Waals surface area contributed by atoms with Gasteiger partial charge in [-0.15, -0.1) is 0 Å². The van der Waals surface area contributed by atoms with Gasteiger partial charge in [0.15, 0.2) is 0 Å². The molecule has 9 heteroatoms. The number of rotatable bonds is 9. The summed E-state index contributed by atoms with van der Waals surface area (Å²) in [5.74, 6) is 0.815. The second-order valence-electron chi connectivity index (χ2n) is 4.28. The van der Waals surface area contributed by atoms with Crippen molar-refractivity contribution in [2.45, 2.75) is 37.8 Å². The van der Waals surface area contributed by atoms with Gasteiger partial charge in [0.2, 0.25) is 10.0 Å². The molecule has 7 nitrogen and oxygen atoms in total. The molecule has 1 rings (SSSR count). The molecule has 0 spiro atoms. The Balaban J connectivity index is 2.63. The summed E-state index contributed by atoms with van der Waals surface area (Å²) < 4.78 is 27.7. The number of nitrogens with zero attached hydrogens (tertiary/aromatic N) is 2. The topological polar surface area (TPSA) is 101 Å². The number of carbonyl (C=O) groups is 1. The van der Waals surface area contributed by atoms with E-state index in [0.29, 0.717) is 0 Å². The Morgan fingerprint density at radius 2 is 2.30 bits per heavy atom. The standard InChI is InChI=1S/C11H19N3O4S2/c1-3-19-5-4-9(2)13-20(17,18)10-6-12-14(7-10)8-11(15)16/h6-7,9,13H,3-5,8H2,1-2H3,(H,15,16). The van der Waals surface area contributed by atoms with Crippen LogP contribution in [0.3, 0.4) is 0 Å². The van der Waals surface area contributed by atoms with Crippen molar-refractivity contribution in [3.05, 3.63) is 12.4 Å². The number of carboxylic acid groups (broad SMARTS) is 1. The molecular weight excluding hydrogens is 302 g/mol. The van der Waals surface area contributed by atoms with Gasteiger partial charge >= 0.3 is 5.97 Å². The van der Waals surface area contributed by atoms with Gasteiger partial charge in [0, 0.05) is 12.2 Å². The molecule has 0 radical (unpaired) electrons. The fourth-order valence-corrected chi connectivity index (χ4v) is 3.54. The van der Waals surface area contributed by atoms with Crippen LogP contribution < -0.4 is 4.72 Å². The van der Waals surface area contributed by atoms with Gasteiger partial charge < -0.3 is 5.11 Å². The largest absolute Gasteiger partial charge is 0.480 e. The molecule has 20 heavy (non-hydrogen) atoms. The summed E-state index contributed by atoms with van der Waals surface area (Å²) in [5.41, 5.74) is 0. The van der Waals surface area contributed by atoms with E-state index >= 15 is 0 Å². The van der Waals surface area contributed by atoms with Crippen LogP contribution in [-0.4, -0.2) is 46.8 Å². The summed E-state index contributed by atoms with van der Waals surface area (Å²) in [7, 11) is -3.65. The lowest BCUT2D eigenvalue weighted by Gasteiger charge is -2.12. The van der Waals surface area contributed by atoms with Crippen LogP contribution in [0.4, 0.5) is 0 Å². The highest BCUT2D eigenvalue weighted by molar-refractivity contribution is 7.99. The van der Waals surface area contributed by atoms with Crippen LogP contribution >= 0.6 is 11.8 Å². The summed E-state index contributed by atoms with van der Waals surface area (Å²) in [6.45, 7) is 3.49. The summed E-state index contributed by atoms with van der Waals surface area (Å²) >= 11 is 1.75. The first kappa shape index (κ1) is 17.0. The number of hydrogen-bond acceptors (Lipinski definition) is 5. The molecular formula is C11H19N3O4S2. The maximum Gasteiger partial charge on any atom is 0.325 e. The summed E-state index contributed by atoms with van der Waals surface area (Å²) in [6, 6.07) is -0.179. The predicted octanol–water partition coefficient (Wildman–Crippen LogP) is 0.778. The number of aromatic nitrogens is 2. The van der Waals surface area contributed by atoms with Gasteiger partial charge in [0.25, 0.3) is 0 Å². The molecule has 0 fully saturated rings. The van der Waals surface area contributed by atoms with E-state index in [0.717, 1.165) is 28.8 Å². The Bertz CT molecular complexity index is 542. The van der Waals surface area contributed by atoms with E-state index in [1.165, 1.54) is 6.20 Å². The van der Waals surface area contributed by atoms with Crippen molar-refractivity contribution in [1.82, 2.24) is 14.5 Å². The average molecular weight is 321 g/mol. The summed E-state index contributed by atoms with van der Waals surface area (Å²) in [6.07, 6.45) is 3.10. The average Bonchev–Trinajstić information content (AvgIpc) is 2.77. The van der Waals surface area contributed by atoms with Gasteiger partial charge in [-0.3, -0.25) is 9.48 Å². The third-order valence-electron chi connectivity index (χ3n) is 2.47. The second kappa shape index (κ2) is 7.65. The zero-order valence-corrected chi connectivity index (χ0v) is 13.1. The third kappa shape index (κ3) is 5.51. The van der Waals surface area contributed by atoms with Crippen molar-refractivity contribution in [2.24, 2.45) is 0 Å². The third-order valence-corrected chi connectivity index (χ3v) is 4.95. The Morgan fingerprint density at radius 3 is 2.90 bits per heavy atom. The molecule has 0 aliphatic carbocycles. The Morgan fingerprint density at radius 1 is 1.60 bits per heavy atom. The van der Waals surface area contributed by atoms with Crippen LogP contribution in [0, 0.1) is 0 Å². The minimum absolute atomic E-state index is 0.0197. The van der Waals surface area contributed by atoms with Gasteiger partial charge in [-0.25, -0.2) is 13.1 Å². The van der Waals surface area contributed by atoms with Crippen molar-refractivity contribution in [3.63, 3.8) is 0 Å². The van der Waals surface area contributed by atoms with Crippen molar-refractivity contribution in [2.75, 3.05) is 11.5 Å². The Hall–Kier alpha value is -1.06. The first-order valence-electron chi connectivity index (χ1n) is 6.19. The van der Waals surface area contributed by atoms with Crippen molar-refractivity contribution in [3.8, 4) is 0 Å². The van der Waals surface area contributed by atoms with Gasteiger partial charge in [0.05, 0.1) is 6.20 Å². The molecule has 1 unspecified atom stereocenters.